The van der Waals surface area contributed by atoms with E-state index in [1.165, 1.54) is 0 Å². The summed E-state index contributed by atoms with van der Waals surface area (Å²) in [6.45, 7) is -0.918. The second-order valence-corrected chi connectivity index (χ2v) is 10.0. The Morgan fingerprint density at radius 2 is 1.18 bits per heavy atom. The van der Waals surface area contributed by atoms with Crippen molar-refractivity contribution in [2.24, 2.45) is 0 Å². The van der Waals surface area contributed by atoms with Crippen LogP contribution in [0, 0.1) is 0 Å². The molecule has 1 fully saturated rings. The third kappa shape index (κ3) is 3.19. The van der Waals surface area contributed by atoms with Gasteiger partial charge >= 0.3 is 30.1 Å². The Kier molecular flexibility index (Phi) is 4.87. The van der Waals surface area contributed by atoms with Crippen molar-refractivity contribution in [3.05, 3.63) is 0 Å². The van der Waals surface area contributed by atoms with Crippen LogP contribution in [0.1, 0.15) is 12.8 Å². The lowest BCUT2D eigenvalue weighted by Crippen LogP contribution is -2.54. The van der Waals surface area contributed by atoms with Gasteiger partial charge in [0, 0.05) is 13.1 Å². The first-order valence-corrected chi connectivity index (χ1v) is 9.69. The quantitative estimate of drug-likeness (QED) is 0.640. The van der Waals surface area contributed by atoms with Crippen LogP contribution in [0.4, 0.5) is 22.0 Å². The molecule has 0 spiro atoms. The minimum absolute atomic E-state index is 0.0619. The molecule has 0 radical (unpaired) electrons. The van der Waals surface area contributed by atoms with Gasteiger partial charge in [0.05, 0.1) is 0 Å². The summed E-state index contributed by atoms with van der Waals surface area (Å²) in [4.78, 5) is 0. The van der Waals surface area contributed by atoms with Crippen molar-refractivity contribution in [2.75, 3.05) is 13.1 Å². The molecule has 1 rings (SSSR count). The van der Waals surface area contributed by atoms with Gasteiger partial charge in [0.25, 0.3) is 10.0 Å². The van der Waals surface area contributed by atoms with E-state index >= 15 is 0 Å². The zero-order valence-electron chi connectivity index (χ0n) is 10.3. The molecule has 0 aromatic carbocycles. The van der Waals surface area contributed by atoms with Crippen molar-refractivity contribution in [2.45, 2.75) is 22.9 Å². The summed E-state index contributed by atoms with van der Waals surface area (Å²) in [5.41, 5.74) is -6.21. The van der Waals surface area contributed by atoms with Crippen LogP contribution < -0.4 is 4.13 Å². The molecular weight excluding hydrogens is 387 g/mol. The van der Waals surface area contributed by atoms with Gasteiger partial charge in [0.2, 0.25) is 0 Å². The summed E-state index contributed by atoms with van der Waals surface area (Å²) in [7, 11) is -19.3. The predicted molar refractivity (Wildman–Crippen MR) is 61.7 cm³/mol. The predicted octanol–water partition coefficient (Wildman–Crippen LogP) is -0.269. The van der Waals surface area contributed by atoms with E-state index in [-0.39, 0.29) is 21.3 Å². The van der Waals surface area contributed by atoms with E-state index in [1.54, 1.807) is 0 Å². The molecule has 1 aliphatic rings. The van der Waals surface area contributed by atoms with Crippen LogP contribution >= 0.6 is 0 Å². The molecule has 0 saturated carbocycles. The van der Waals surface area contributed by atoms with Gasteiger partial charge in [-0.05, 0) is 12.8 Å². The van der Waals surface area contributed by atoms with Gasteiger partial charge < -0.3 is 0 Å². The Balaban J connectivity index is 3.26. The van der Waals surface area contributed by atoms with Crippen LogP contribution in [0.15, 0.2) is 0 Å². The van der Waals surface area contributed by atoms with Crippen molar-refractivity contribution in [1.29, 1.82) is 0 Å². The average molecular weight is 396 g/mol. The number of sulfonamides is 3. The van der Waals surface area contributed by atoms with Gasteiger partial charge in [-0.15, -0.1) is 0 Å². The first-order chi connectivity index (χ1) is 9.56. The number of nitrogens with zero attached hydrogens (tertiary/aromatic N) is 1. The van der Waals surface area contributed by atoms with Crippen molar-refractivity contribution >= 4 is 30.1 Å². The summed E-state index contributed by atoms with van der Waals surface area (Å²) in [6.07, 6.45) is 0.285. The number of nitrogens with one attached hydrogen (secondary N) is 1. The monoisotopic (exact) mass is 396 g/mol. The standard InChI is InChI=1S/C6H9F5N2O6S3/c7-5(8,9)20(14,15)12-21(16,17)6(10,11)22(18,19)13-3-1-2-4-13/h12H,1-4H2. The molecule has 16 heteroatoms. The van der Waals surface area contributed by atoms with Crippen molar-refractivity contribution in [1.82, 2.24) is 8.43 Å². The van der Waals surface area contributed by atoms with Crippen LogP contribution in [-0.4, -0.2) is 52.7 Å². The molecular formula is C6H9F5N2O6S3. The molecule has 1 aliphatic heterocycles. The Bertz CT molecular complexity index is 734. The fourth-order valence-electron chi connectivity index (χ4n) is 1.46. The highest BCUT2D eigenvalue weighted by Gasteiger charge is 2.63. The molecule has 22 heavy (non-hydrogen) atoms. The fourth-order valence-corrected chi connectivity index (χ4v) is 6.15. The molecule has 8 nitrogen and oxygen atoms in total. The smallest absolute Gasteiger partial charge is 0.204 e. The van der Waals surface area contributed by atoms with E-state index < -0.39 is 53.3 Å². The zero-order chi connectivity index (χ0) is 17.6. The minimum atomic E-state index is -6.72. The first-order valence-electron chi connectivity index (χ1n) is 5.28. The Hall–Kier alpha value is -0.580. The molecule has 0 amide bonds. The zero-order valence-corrected chi connectivity index (χ0v) is 12.8. The van der Waals surface area contributed by atoms with Gasteiger partial charge in [-0.1, -0.05) is 4.13 Å². The van der Waals surface area contributed by atoms with E-state index in [0.717, 1.165) is 0 Å². The number of hydrogen-bond acceptors (Lipinski definition) is 6. The normalized spacial score (nSPS) is 19.5. The maximum Gasteiger partial charge on any atom is 0.512 e. The molecule has 0 bridgehead atoms. The lowest BCUT2D eigenvalue weighted by atomic mass is 10.4. The number of rotatable bonds is 5. The Morgan fingerprint density at radius 3 is 1.55 bits per heavy atom. The van der Waals surface area contributed by atoms with Crippen molar-refractivity contribution in [3.8, 4) is 0 Å². The van der Waals surface area contributed by atoms with Gasteiger partial charge in [-0.2, -0.15) is 26.3 Å². The van der Waals surface area contributed by atoms with Crippen molar-refractivity contribution in [3.63, 3.8) is 0 Å². The van der Waals surface area contributed by atoms with E-state index in [2.05, 4.69) is 0 Å². The molecule has 0 atom stereocenters. The molecule has 0 aromatic heterocycles. The lowest BCUT2D eigenvalue weighted by molar-refractivity contribution is -0.0441. The summed E-state index contributed by atoms with van der Waals surface area (Å²) >= 11 is 0. The molecule has 1 saturated heterocycles. The molecule has 0 aliphatic carbocycles. The van der Waals surface area contributed by atoms with Crippen LogP contribution in [0.5, 0.6) is 0 Å². The Morgan fingerprint density at radius 1 is 0.773 bits per heavy atom. The SMILES string of the molecule is O=S(=O)(NS(=O)(=O)C(F)(F)S(=O)(=O)N1CCCC1)C(F)(F)F. The highest BCUT2D eigenvalue weighted by molar-refractivity contribution is 8.13. The minimum Gasteiger partial charge on any atom is -0.204 e. The van der Waals surface area contributed by atoms with Gasteiger partial charge in [-0.25, -0.2) is 25.3 Å². The van der Waals surface area contributed by atoms with Gasteiger partial charge in [-0.3, -0.25) is 0 Å². The molecule has 0 aromatic rings. The van der Waals surface area contributed by atoms with E-state index in [9.17, 15) is 47.2 Å². The maximum absolute atomic E-state index is 13.6. The summed E-state index contributed by atoms with van der Waals surface area (Å²) in [5.74, 6) is 0. The van der Waals surface area contributed by atoms with Gasteiger partial charge in [0.1, 0.15) is 0 Å². The van der Waals surface area contributed by atoms with Crippen LogP contribution in [0.3, 0.4) is 0 Å². The van der Waals surface area contributed by atoms with E-state index in [0.29, 0.717) is 0 Å². The summed E-state index contributed by atoms with van der Waals surface area (Å²) in [5, 5.41) is 0. The summed E-state index contributed by atoms with van der Waals surface area (Å²) in [6, 6.07) is 0. The average Bonchev–Trinajstić information content (AvgIpc) is 2.78. The topological polar surface area (TPSA) is 118 Å². The molecule has 132 valence electrons. The molecule has 0 unspecified atom stereocenters. The highest BCUT2D eigenvalue weighted by Crippen LogP contribution is 2.34. The Labute approximate surface area is 122 Å². The van der Waals surface area contributed by atoms with E-state index in [1.807, 2.05) is 0 Å². The number of hydrogen-bond donors (Lipinski definition) is 1. The number of halogens is 5. The first kappa shape index (κ1) is 19.5. The molecule has 1 heterocycles. The third-order valence-corrected chi connectivity index (χ3v) is 8.47. The highest BCUT2D eigenvalue weighted by atomic mass is 32.3. The van der Waals surface area contributed by atoms with E-state index in [4.69, 9.17) is 0 Å². The largest absolute Gasteiger partial charge is 0.512 e. The third-order valence-electron chi connectivity index (χ3n) is 2.54. The molecule has 1 N–H and O–H groups in total. The van der Waals surface area contributed by atoms with Crippen molar-refractivity contribution < 1.29 is 47.2 Å². The van der Waals surface area contributed by atoms with Crippen LogP contribution in [0.2, 0.25) is 0 Å². The second kappa shape index (κ2) is 5.50. The second-order valence-electron chi connectivity index (χ2n) is 4.11. The number of alkyl halides is 5. The van der Waals surface area contributed by atoms with Gasteiger partial charge in [0.15, 0.2) is 0 Å². The fraction of sp³-hybridized carbons (Fsp3) is 1.00. The lowest BCUT2D eigenvalue weighted by Gasteiger charge is -2.23. The maximum atomic E-state index is 13.6. The summed E-state index contributed by atoms with van der Waals surface area (Å²) < 4.78 is 124. The van der Waals surface area contributed by atoms with Crippen LogP contribution in [-0.2, 0) is 30.1 Å². The van der Waals surface area contributed by atoms with Crippen LogP contribution in [0.25, 0.3) is 0 Å².